The Kier molecular flexibility index (Phi) is 5.94. The summed E-state index contributed by atoms with van der Waals surface area (Å²) in [6.45, 7) is 4.05. The lowest BCUT2D eigenvalue weighted by Gasteiger charge is -2.37. The molecule has 0 aliphatic carbocycles. The van der Waals surface area contributed by atoms with Gasteiger partial charge < -0.3 is 9.84 Å². The van der Waals surface area contributed by atoms with Crippen molar-refractivity contribution in [2.45, 2.75) is 26.3 Å². The van der Waals surface area contributed by atoms with Gasteiger partial charge in [0, 0.05) is 11.3 Å². The minimum atomic E-state index is -0.338. The van der Waals surface area contributed by atoms with E-state index < -0.39 is 0 Å². The predicted molar refractivity (Wildman–Crippen MR) is 136 cm³/mol. The maximum atomic E-state index is 14.0. The summed E-state index contributed by atoms with van der Waals surface area (Å²) < 4.78 is 19.8. The molecule has 0 fully saturated rings. The number of benzene rings is 3. The number of nitrogens with zero attached hydrogens (tertiary/aromatic N) is 3. The molecule has 2 heterocycles. The summed E-state index contributed by atoms with van der Waals surface area (Å²) in [6, 6.07) is 24.1. The Morgan fingerprint density at radius 3 is 2.50 bits per heavy atom. The Morgan fingerprint density at radius 1 is 1.03 bits per heavy atom. The fourth-order valence-corrected chi connectivity index (χ4v) is 4.54. The van der Waals surface area contributed by atoms with Gasteiger partial charge in [-0.05, 0) is 54.9 Å². The zero-order valence-electron chi connectivity index (χ0n) is 18.8. The zero-order valence-corrected chi connectivity index (χ0v) is 19.6. The maximum absolute atomic E-state index is 14.0. The molecule has 5 nitrogen and oxygen atoms in total. The van der Waals surface area contributed by atoms with E-state index in [1.54, 1.807) is 11.0 Å². The molecular weight excluding hydrogens is 447 g/mol. The van der Waals surface area contributed by atoms with E-state index in [9.17, 15) is 4.39 Å². The van der Waals surface area contributed by atoms with E-state index in [-0.39, 0.29) is 11.9 Å². The first kappa shape index (κ1) is 22.0. The van der Waals surface area contributed by atoms with Gasteiger partial charge in [0.15, 0.2) is 5.11 Å². The molecule has 0 saturated carbocycles. The van der Waals surface area contributed by atoms with Crippen LogP contribution in [0.2, 0.25) is 0 Å². The number of anilines is 1. The first-order valence-electron chi connectivity index (χ1n) is 11.1. The average Bonchev–Trinajstić information content (AvgIpc) is 3.34. The maximum Gasteiger partial charge on any atom is 0.258 e. The summed E-state index contributed by atoms with van der Waals surface area (Å²) in [5.74, 6) is 0.558. The summed E-state index contributed by atoms with van der Waals surface area (Å²) in [4.78, 5) is 6.54. The second-order valence-corrected chi connectivity index (χ2v) is 8.47. The molecule has 0 spiro atoms. The van der Waals surface area contributed by atoms with Crippen molar-refractivity contribution in [3.63, 3.8) is 0 Å². The Balaban J connectivity index is 1.63. The predicted octanol–water partition coefficient (Wildman–Crippen LogP) is 6.31. The number of nitrogens with one attached hydrogen (secondary N) is 1. The number of allylic oxidation sites excluding steroid dienone is 1. The van der Waals surface area contributed by atoms with Gasteiger partial charge in [0.2, 0.25) is 5.82 Å². The van der Waals surface area contributed by atoms with Gasteiger partial charge in [-0.2, -0.15) is 4.98 Å². The van der Waals surface area contributed by atoms with E-state index in [2.05, 4.69) is 29.5 Å². The van der Waals surface area contributed by atoms with E-state index >= 15 is 0 Å². The molecule has 1 aliphatic rings. The van der Waals surface area contributed by atoms with Crippen molar-refractivity contribution in [1.82, 2.24) is 15.5 Å². The summed E-state index contributed by atoms with van der Waals surface area (Å²) in [5, 5.41) is 8.11. The third-order valence-corrected chi connectivity index (χ3v) is 6.26. The highest BCUT2D eigenvalue weighted by Gasteiger charge is 2.34. The molecule has 0 amide bonds. The minimum Gasteiger partial charge on any atom is -0.351 e. The van der Waals surface area contributed by atoms with Gasteiger partial charge in [-0.1, -0.05) is 72.7 Å². The van der Waals surface area contributed by atoms with Crippen molar-refractivity contribution >= 4 is 28.6 Å². The van der Waals surface area contributed by atoms with Crippen LogP contribution in [0.5, 0.6) is 0 Å². The van der Waals surface area contributed by atoms with E-state index in [0.717, 1.165) is 28.8 Å². The Labute approximate surface area is 202 Å². The number of hydrogen-bond acceptors (Lipinski definition) is 4. The summed E-state index contributed by atoms with van der Waals surface area (Å²) >= 11 is 5.71. The Morgan fingerprint density at radius 2 is 1.79 bits per heavy atom. The average molecular weight is 471 g/mol. The standard InChI is InChI=1S/C27H23FN4OS/c1-3-18-12-14-20(15-13-18)25-30-26(33-31-25)23-17(2)32(22-11-7-10-21(28)16-22)27(34)29-24(23)19-8-5-4-6-9-19/h4-16,24H,3H2,1-2H3,(H,29,34). The molecule has 3 aromatic carbocycles. The molecule has 0 saturated heterocycles. The first-order valence-corrected chi connectivity index (χ1v) is 11.5. The van der Waals surface area contributed by atoms with Gasteiger partial charge in [-0.25, -0.2) is 4.39 Å². The highest BCUT2D eigenvalue weighted by atomic mass is 32.1. The number of thiocarbonyl (C=S) groups is 1. The van der Waals surface area contributed by atoms with Crippen LogP contribution in [0.15, 0.2) is 89.1 Å². The number of aromatic nitrogens is 2. The first-order chi connectivity index (χ1) is 16.5. The smallest absolute Gasteiger partial charge is 0.258 e. The van der Waals surface area contributed by atoms with Crippen LogP contribution >= 0.6 is 12.2 Å². The van der Waals surface area contributed by atoms with Crippen molar-refractivity contribution in [2.75, 3.05) is 4.90 Å². The minimum absolute atomic E-state index is 0.297. The van der Waals surface area contributed by atoms with Crippen LogP contribution in [0.1, 0.15) is 36.9 Å². The molecule has 1 atom stereocenters. The lowest BCUT2D eigenvalue weighted by atomic mass is 9.94. The second kappa shape index (κ2) is 9.19. The number of aryl methyl sites for hydroxylation is 1. The van der Waals surface area contributed by atoms with Crippen LogP contribution in [0.4, 0.5) is 10.1 Å². The molecule has 1 N–H and O–H groups in total. The third-order valence-electron chi connectivity index (χ3n) is 5.96. The van der Waals surface area contributed by atoms with Crippen molar-refractivity contribution in [2.24, 2.45) is 0 Å². The van der Waals surface area contributed by atoms with Crippen molar-refractivity contribution < 1.29 is 8.91 Å². The van der Waals surface area contributed by atoms with E-state index in [4.69, 9.17) is 21.7 Å². The second-order valence-electron chi connectivity index (χ2n) is 8.08. The van der Waals surface area contributed by atoms with Gasteiger partial charge in [-0.15, -0.1) is 0 Å². The molecule has 5 rings (SSSR count). The third kappa shape index (κ3) is 4.10. The number of rotatable bonds is 5. The topological polar surface area (TPSA) is 54.2 Å². The van der Waals surface area contributed by atoms with Gasteiger partial charge in [-0.3, -0.25) is 4.90 Å². The van der Waals surface area contributed by atoms with Gasteiger partial charge in [0.05, 0.1) is 17.3 Å². The Hall–Kier alpha value is -3.84. The van der Waals surface area contributed by atoms with Crippen LogP contribution in [0, 0.1) is 5.82 Å². The van der Waals surface area contributed by atoms with Crippen LogP contribution in [-0.4, -0.2) is 15.3 Å². The SMILES string of the molecule is CCc1ccc(-c2noc(C3=C(C)N(c4cccc(F)c4)C(=S)NC3c3ccccc3)n2)cc1. The van der Waals surface area contributed by atoms with Gasteiger partial charge in [0.1, 0.15) is 5.82 Å². The lowest BCUT2D eigenvalue weighted by Crippen LogP contribution is -2.46. The lowest BCUT2D eigenvalue weighted by molar-refractivity contribution is 0.404. The summed E-state index contributed by atoms with van der Waals surface area (Å²) in [5.41, 5.74) is 5.32. The van der Waals surface area contributed by atoms with E-state index in [1.165, 1.54) is 17.7 Å². The van der Waals surface area contributed by atoms with Crippen LogP contribution < -0.4 is 10.2 Å². The molecule has 170 valence electrons. The molecule has 1 aliphatic heterocycles. The fraction of sp³-hybridized carbons (Fsp3) is 0.148. The quantitative estimate of drug-likeness (QED) is 0.345. The summed E-state index contributed by atoms with van der Waals surface area (Å²) in [7, 11) is 0. The molecule has 1 aromatic heterocycles. The van der Waals surface area contributed by atoms with Crippen LogP contribution in [0.3, 0.4) is 0 Å². The van der Waals surface area contributed by atoms with E-state index in [1.807, 2.05) is 55.5 Å². The molecule has 34 heavy (non-hydrogen) atoms. The Bertz CT molecular complexity index is 1360. The molecule has 1 unspecified atom stereocenters. The van der Waals surface area contributed by atoms with Crippen LogP contribution in [0.25, 0.3) is 17.0 Å². The normalized spacial score (nSPS) is 16.0. The van der Waals surface area contributed by atoms with Crippen LogP contribution in [-0.2, 0) is 6.42 Å². The highest BCUT2D eigenvalue weighted by Crippen LogP contribution is 2.39. The fourth-order valence-electron chi connectivity index (χ4n) is 4.18. The summed E-state index contributed by atoms with van der Waals surface area (Å²) in [6.07, 6.45) is 0.962. The van der Waals surface area contributed by atoms with Gasteiger partial charge >= 0.3 is 0 Å². The van der Waals surface area contributed by atoms with Crippen molar-refractivity contribution in [3.8, 4) is 11.4 Å². The number of hydrogen-bond donors (Lipinski definition) is 1. The molecule has 0 bridgehead atoms. The number of halogens is 1. The zero-order chi connectivity index (χ0) is 23.7. The van der Waals surface area contributed by atoms with Crippen molar-refractivity contribution in [1.29, 1.82) is 0 Å². The van der Waals surface area contributed by atoms with E-state index in [0.29, 0.717) is 22.5 Å². The van der Waals surface area contributed by atoms with Gasteiger partial charge in [0.25, 0.3) is 5.89 Å². The highest BCUT2D eigenvalue weighted by molar-refractivity contribution is 7.80. The molecule has 4 aromatic rings. The largest absolute Gasteiger partial charge is 0.351 e. The van der Waals surface area contributed by atoms with Crippen molar-refractivity contribution in [3.05, 3.63) is 107 Å². The molecule has 0 radical (unpaired) electrons. The molecular formula is C27H23FN4OS. The molecule has 7 heteroatoms. The monoisotopic (exact) mass is 470 g/mol.